The third-order valence-electron chi connectivity index (χ3n) is 5.91. The van der Waals surface area contributed by atoms with E-state index >= 15 is 0 Å². The fourth-order valence-corrected chi connectivity index (χ4v) is 5.81. The van der Waals surface area contributed by atoms with Gasteiger partial charge in [-0.1, -0.05) is 48.9 Å². The number of sulfonamides is 1. The Balaban J connectivity index is 1.78. The minimum absolute atomic E-state index is 0.0190. The summed E-state index contributed by atoms with van der Waals surface area (Å²) >= 11 is 6.32. The Hall–Kier alpha value is -2.88. The lowest BCUT2D eigenvalue weighted by molar-refractivity contribution is -0.125. The smallest absolute Gasteiger partial charge is 0.266 e. The Morgan fingerprint density at radius 3 is 2.44 bits per heavy atom. The number of nitrogens with one attached hydrogen (secondary N) is 2. The highest BCUT2D eigenvalue weighted by atomic mass is 35.5. The zero-order chi connectivity index (χ0) is 24.3. The number of fused-ring (bicyclic) bond motifs is 3. The molecule has 2 aliphatic rings. The molecule has 2 N–H and O–H groups in total. The van der Waals surface area contributed by atoms with E-state index in [0.717, 1.165) is 0 Å². The molecule has 4 rings (SSSR count). The van der Waals surface area contributed by atoms with Gasteiger partial charge in [-0.25, -0.2) is 8.42 Å². The van der Waals surface area contributed by atoms with Crippen LogP contribution in [0.2, 0.25) is 5.02 Å². The molecule has 1 fully saturated rings. The Morgan fingerprint density at radius 2 is 1.71 bits per heavy atom. The van der Waals surface area contributed by atoms with Crippen molar-refractivity contribution in [2.45, 2.75) is 30.3 Å². The molecule has 2 bridgehead atoms. The van der Waals surface area contributed by atoms with Gasteiger partial charge in [-0.3, -0.25) is 13.9 Å². The van der Waals surface area contributed by atoms with Crippen LogP contribution >= 0.6 is 11.6 Å². The molecule has 8 nitrogen and oxygen atoms in total. The highest BCUT2D eigenvalue weighted by Gasteiger charge is 2.33. The third kappa shape index (κ3) is 5.11. The Bertz CT molecular complexity index is 1200. The van der Waals surface area contributed by atoms with Crippen molar-refractivity contribution in [1.29, 1.82) is 0 Å². The quantitative estimate of drug-likeness (QED) is 0.582. The summed E-state index contributed by atoms with van der Waals surface area (Å²) < 4.78 is 34.1. The van der Waals surface area contributed by atoms with E-state index in [-0.39, 0.29) is 53.1 Å². The van der Waals surface area contributed by atoms with Gasteiger partial charge >= 0.3 is 0 Å². The van der Waals surface area contributed by atoms with E-state index < -0.39 is 22.0 Å². The molecule has 0 radical (unpaired) electrons. The standard InChI is InChI=1S/C24H26ClN3O5S/c1-16-7-5-6-12-28(18-8-3-2-4-9-18)34(31,32)22-13-17(10-11-19(22)25)24(30)27-21-15-33-14-20(21)26-23(16)29/h2-6,8-11,13,16,20-21H,7,12,14-15H2,1H3,(H,26,29)(H,27,30)/b6-5+/t16?,20-,21+/m0/s1. The van der Waals surface area contributed by atoms with Gasteiger partial charge < -0.3 is 15.4 Å². The summed E-state index contributed by atoms with van der Waals surface area (Å²) in [5.74, 6) is -0.980. The number of rotatable bonds is 1. The van der Waals surface area contributed by atoms with Crippen LogP contribution in [-0.4, -0.2) is 52.1 Å². The predicted octanol–water partition coefficient (Wildman–Crippen LogP) is 2.74. The first-order valence-corrected chi connectivity index (χ1v) is 12.8. The van der Waals surface area contributed by atoms with Gasteiger partial charge in [0.2, 0.25) is 5.91 Å². The minimum atomic E-state index is -4.11. The molecular weight excluding hydrogens is 478 g/mol. The maximum atomic E-state index is 13.7. The van der Waals surface area contributed by atoms with E-state index in [2.05, 4.69) is 10.6 Å². The van der Waals surface area contributed by atoms with Crippen LogP contribution < -0.4 is 14.9 Å². The average Bonchev–Trinajstić information content (AvgIpc) is 3.25. The van der Waals surface area contributed by atoms with Crippen molar-refractivity contribution in [3.8, 4) is 0 Å². The fourth-order valence-electron chi connectivity index (χ4n) is 3.89. The SMILES string of the molecule is CC1C/C=C/CN(c2ccccc2)S(=O)(=O)c2cc(ccc2Cl)C(=O)N[C@@H]2COC[C@@H]2NC1=O. The lowest BCUT2D eigenvalue weighted by atomic mass is 10.0. The molecule has 2 aliphatic heterocycles. The van der Waals surface area contributed by atoms with Gasteiger partial charge in [0.1, 0.15) is 4.90 Å². The van der Waals surface area contributed by atoms with Gasteiger partial charge in [0.25, 0.3) is 15.9 Å². The Labute approximate surface area is 204 Å². The molecule has 2 aromatic carbocycles. The third-order valence-corrected chi connectivity index (χ3v) is 8.18. The molecule has 1 unspecified atom stereocenters. The second-order valence-electron chi connectivity index (χ2n) is 8.36. The lowest BCUT2D eigenvalue weighted by Crippen LogP contribution is -2.52. The number of halogens is 1. The van der Waals surface area contributed by atoms with Crippen LogP contribution in [0, 0.1) is 5.92 Å². The average molecular weight is 504 g/mol. The van der Waals surface area contributed by atoms with Gasteiger partial charge in [0, 0.05) is 11.5 Å². The van der Waals surface area contributed by atoms with Crippen LogP contribution in [0.15, 0.2) is 65.6 Å². The molecule has 2 amide bonds. The molecule has 34 heavy (non-hydrogen) atoms. The van der Waals surface area contributed by atoms with Gasteiger partial charge in [-0.2, -0.15) is 0 Å². The van der Waals surface area contributed by atoms with Crippen molar-refractivity contribution >= 4 is 39.1 Å². The van der Waals surface area contributed by atoms with Crippen LogP contribution in [0.5, 0.6) is 0 Å². The summed E-state index contributed by atoms with van der Waals surface area (Å²) in [5.41, 5.74) is 0.597. The molecular formula is C24H26ClN3O5S. The predicted molar refractivity (Wildman–Crippen MR) is 129 cm³/mol. The monoisotopic (exact) mass is 503 g/mol. The van der Waals surface area contributed by atoms with Crippen LogP contribution in [0.25, 0.3) is 0 Å². The van der Waals surface area contributed by atoms with Gasteiger partial charge in [0.15, 0.2) is 0 Å². The van der Waals surface area contributed by atoms with E-state index in [1.54, 1.807) is 49.4 Å². The van der Waals surface area contributed by atoms with Crippen molar-refractivity contribution in [1.82, 2.24) is 10.6 Å². The first-order chi connectivity index (χ1) is 16.3. The first kappa shape index (κ1) is 24.3. The Kier molecular flexibility index (Phi) is 7.25. The number of carbonyl (C=O) groups is 2. The van der Waals surface area contributed by atoms with Crippen molar-refractivity contribution in [2.75, 3.05) is 24.1 Å². The second kappa shape index (κ2) is 10.2. The van der Waals surface area contributed by atoms with E-state index in [1.807, 2.05) is 0 Å². The van der Waals surface area contributed by atoms with Gasteiger partial charge in [-0.15, -0.1) is 0 Å². The van der Waals surface area contributed by atoms with Crippen LogP contribution in [0.3, 0.4) is 0 Å². The zero-order valence-electron chi connectivity index (χ0n) is 18.6. The number of para-hydroxylation sites is 1. The molecule has 0 spiro atoms. The molecule has 0 saturated carbocycles. The number of hydrogen-bond donors (Lipinski definition) is 2. The summed E-state index contributed by atoms with van der Waals surface area (Å²) in [4.78, 5) is 25.5. The largest absolute Gasteiger partial charge is 0.377 e. The number of benzene rings is 2. The van der Waals surface area contributed by atoms with Crippen molar-refractivity contribution in [3.63, 3.8) is 0 Å². The van der Waals surface area contributed by atoms with E-state index in [0.29, 0.717) is 12.1 Å². The zero-order valence-corrected chi connectivity index (χ0v) is 20.2. The first-order valence-electron chi connectivity index (χ1n) is 11.0. The van der Waals surface area contributed by atoms with Crippen LogP contribution in [0.4, 0.5) is 5.69 Å². The van der Waals surface area contributed by atoms with Crippen molar-refractivity contribution in [3.05, 3.63) is 71.3 Å². The van der Waals surface area contributed by atoms with Crippen LogP contribution in [-0.2, 0) is 19.6 Å². The van der Waals surface area contributed by atoms with Crippen molar-refractivity contribution in [2.24, 2.45) is 5.92 Å². The number of hydrogen-bond acceptors (Lipinski definition) is 5. The molecule has 1 saturated heterocycles. The molecule has 0 aromatic heterocycles. The molecule has 2 heterocycles. The number of amides is 2. The lowest BCUT2D eigenvalue weighted by Gasteiger charge is -2.25. The van der Waals surface area contributed by atoms with Gasteiger partial charge in [0.05, 0.1) is 42.6 Å². The van der Waals surface area contributed by atoms with Crippen molar-refractivity contribution < 1.29 is 22.7 Å². The molecule has 180 valence electrons. The van der Waals surface area contributed by atoms with E-state index in [4.69, 9.17) is 16.3 Å². The topological polar surface area (TPSA) is 105 Å². The fraction of sp³-hybridized carbons (Fsp3) is 0.333. The molecule has 2 aromatic rings. The number of anilines is 1. The minimum Gasteiger partial charge on any atom is -0.377 e. The Morgan fingerprint density at radius 1 is 1.00 bits per heavy atom. The highest BCUT2D eigenvalue weighted by Crippen LogP contribution is 2.29. The van der Waals surface area contributed by atoms with Crippen LogP contribution in [0.1, 0.15) is 23.7 Å². The number of carbonyl (C=O) groups excluding carboxylic acids is 2. The van der Waals surface area contributed by atoms with Gasteiger partial charge in [-0.05, 0) is 36.8 Å². The molecule has 3 atom stereocenters. The second-order valence-corrected chi connectivity index (χ2v) is 10.6. The summed E-state index contributed by atoms with van der Waals surface area (Å²) in [6.45, 7) is 2.35. The maximum Gasteiger partial charge on any atom is 0.266 e. The van der Waals surface area contributed by atoms with E-state index in [1.165, 1.54) is 22.5 Å². The molecule has 10 heteroatoms. The maximum absolute atomic E-state index is 13.7. The highest BCUT2D eigenvalue weighted by molar-refractivity contribution is 7.93. The summed E-state index contributed by atoms with van der Waals surface area (Å²) in [7, 11) is -4.11. The normalized spacial score (nSPS) is 26.3. The molecule has 0 aliphatic carbocycles. The summed E-state index contributed by atoms with van der Waals surface area (Å²) in [6.07, 6.45) is 3.94. The summed E-state index contributed by atoms with van der Waals surface area (Å²) in [5, 5.41) is 5.82. The number of allylic oxidation sites excluding steroid dienone is 1. The summed E-state index contributed by atoms with van der Waals surface area (Å²) in [6, 6.07) is 12.0. The number of ether oxygens (including phenoxy) is 1. The van der Waals surface area contributed by atoms with E-state index in [9.17, 15) is 18.0 Å². The number of nitrogens with zero attached hydrogens (tertiary/aromatic N) is 1.